The molecule has 0 amide bonds. The lowest BCUT2D eigenvalue weighted by molar-refractivity contribution is 0.0506. The molecular weight excluding hydrogens is 146 g/mol. The van der Waals surface area contributed by atoms with Crippen molar-refractivity contribution in [1.29, 1.82) is 0 Å². The summed E-state index contributed by atoms with van der Waals surface area (Å²) >= 11 is 0. The number of ether oxygens (including phenoxy) is 2. The van der Waals surface area contributed by atoms with Gasteiger partial charge in [0.25, 0.3) is 0 Å². The molecule has 0 atom stereocenters. The molecule has 11 heavy (non-hydrogen) atoms. The number of azide groups is 1. The quantitative estimate of drug-likeness (QED) is 0.245. The van der Waals surface area contributed by atoms with Crippen LogP contribution in [0.4, 0.5) is 0 Å². The minimum atomic E-state index is 0.0893. The van der Waals surface area contributed by atoms with Gasteiger partial charge in [0.2, 0.25) is 0 Å². The van der Waals surface area contributed by atoms with Gasteiger partial charge in [-0.25, -0.2) is 0 Å². The Morgan fingerprint density at radius 2 is 2.00 bits per heavy atom. The molecule has 0 spiro atoms. The van der Waals surface area contributed by atoms with Crippen LogP contribution in [0.3, 0.4) is 0 Å². The molecule has 0 saturated heterocycles. The van der Waals surface area contributed by atoms with Crippen LogP contribution in [0.15, 0.2) is 5.11 Å². The first kappa shape index (κ1) is 10.2. The fourth-order valence-corrected chi connectivity index (χ4v) is 0.495. The molecule has 0 fully saturated rings. The summed E-state index contributed by atoms with van der Waals surface area (Å²) in [6.45, 7) is 3.94. The Kier molecular flexibility index (Phi) is 8.58. The summed E-state index contributed by atoms with van der Waals surface area (Å²) in [6.07, 6.45) is 1.01. The highest BCUT2D eigenvalue weighted by atomic mass is 16.5. The van der Waals surface area contributed by atoms with Gasteiger partial charge in [-0.3, -0.25) is 0 Å². The average Bonchev–Trinajstić information content (AvgIpc) is 2.03. The van der Waals surface area contributed by atoms with E-state index in [9.17, 15) is 0 Å². The minimum absolute atomic E-state index is 0.0893. The van der Waals surface area contributed by atoms with Gasteiger partial charge in [-0.15, -0.1) is 0 Å². The predicted octanol–water partition coefficient (Wildman–Crippen LogP) is 1.70. The molecule has 0 aromatic heterocycles. The molecule has 0 aromatic rings. The van der Waals surface area contributed by atoms with E-state index in [0.717, 1.165) is 13.0 Å². The lowest BCUT2D eigenvalue weighted by atomic mass is 10.5. The van der Waals surface area contributed by atoms with E-state index >= 15 is 0 Å². The van der Waals surface area contributed by atoms with Crippen LogP contribution in [0.2, 0.25) is 0 Å². The molecule has 0 heterocycles. The SMILES string of the molecule is CCCOCCOCN=[N+]=[N-]. The van der Waals surface area contributed by atoms with Gasteiger partial charge in [0.05, 0.1) is 13.2 Å². The highest BCUT2D eigenvalue weighted by molar-refractivity contribution is 4.36. The van der Waals surface area contributed by atoms with E-state index < -0.39 is 0 Å². The molecule has 5 nitrogen and oxygen atoms in total. The van der Waals surface area contributed by atoms with Gasteiger partial charge in [-0.05, 0) is 12.0 Å². The Labute approximate surface area is 65.9 Å². The monoisotopic (exact) mass is 159 g/mol. The Bertz CT molecular complexity index is 123. The fourth-order valence-electron chi connectivity index (χ4n) is 0.495. The normalized spacial score (nSPS) is 9.18. The maximum Gasteiger partial charge on any atom is 0.126 e. The standard InChI is InChI=1S/C6H13N3O2/c1-2-3-10-4-5-11-6-8-9-7/h2-6H2,1H3. The second-order valence-electron chi connectivity index (χ2n) is 1.88. The lowest BCUT2D eigenvalue weighted by Crippen LogP contribution is -2.04. The van der Waals surface area contributed by atoms with Crippen LogP contribution in [0.25, 0.3) is 10.4 Å². The van der Waals surface area contributed by atoms with E-state index in [1.54, 1.807) is 0 Å². The first-order valence-electron chi connectivity index (χ1n) is 3.58. The molecule has 64 valence electrons. The van der Waals surface area contributed by atoms with Gasteiger partial charge in [-0.2, -0.15) is 0 Å². The molecule has 0 rings (SSSR count). The van der Waals surface area contributed by atoms with Crippen molar-refractivity contribution in [1.82, 2.24) is 0 Å². The first-order chi connectivity index (χ1) is 5.41. The van der Waals surface area contributed by atoms with Gasteiger partial charge in [-0.1, -0.05) is 12.0 Å². The molecule has 0 bridgehead atoms. The van der Waals surface area contributed by atoms with Crippen LogP contribution in [0, 0.1) is 0 Å². The zero-order chi connectivity index (χ0) is 8.36. The highest BCUT2D eigenvalue weighted by Gasteiger charge is 1.85. The number of rotatable bonds is 7. The van der Waals surface area contributed by atoms with Crippen molar-refractivity contribution in [2.75, 3.05) is 26.6 Å². The van der Waals surface area contributed by atoms with Crippen molar-refractivity contribution in [3.8, 4) is 0 Å². The van der Waals surface area contributed by atoms with Crippen molar-refractivity contribution in [2.45, 2.75) is 13.3 Å². The third-order valence-electron chi connectivity index (χ3n) is 0.933. The van der Waals surface area contributed by atoms with Crippen LogP contribution in [0.1, 0.15) is 13.3 Å². The van der Waals surface area contributed by atoms with E-state index in [-0.39, 0.29) is 6.73 Å². The average molecular weight is 159 g/mol. The van der Waals surface area contributed by atoms with Crippen molar-refractivity contribution >= 4 is 0 Å². The highest BCUT2D eigenvalue weighted by Crippen LogP contribution is 1.82. The van der Waals surface area contributed by atoms with Gasteiger partial charge < -0.3 is 9.47 Å². The summed E-state index contributed by atoms with van der Waals surface area (Å²) in [7, 11) is 0. The Morgan fingerprint density at radius 1 is 1.27 bits per heavy atom. The molecule has 0 aliphatic carbocycles. The number of hydrogen-bond acceptors (Lipinski definition) is 3. The molecule has 5 heteroatoms. The molecule has 0 N–H and O–H groups in total. The third kappa shape index (κ3) is 9.23. The molecule has 0 saturated carbocycles. The summed E-state index contributed by atoms with van der Waals surface area (Å²) in [5.41, 5.74) is 7.85. The molecule has 0 aliphatic rings. The molecule has 0 aliphatic heterocycles. The number of hydrogen-bond donors (Lipinski definition) is 0. The molecule has 0 radical (unpaired) electrons. The second kappa shape index (κ2) is 9.23. The van der Waals surface area contributed by atoms with E-state index in [0.29, 0.717) is 13.2 Å². The Morgan fingerprint density at radius 3 is 2.64 bits per heavy atom. The van der Waals surface area contributed by atoms with E-state index in [4.69, 9.17) is 15.0 Å². The van der Waals surface area contributed by atoms with Crippen LogP contribution in [-0.2, 0) is 9.47 Å². The predicted molar refractivity (Wildman–Crippen MR) is 41.1 cm³/mol. The van der Waals surface area contributed by atoms with Gasteiger partial charge in [0, 0.05) is 11.5 Å². The Balaban J connectivity index is 2.84. The van der Waals surface area contributed by atoms with Crippen molar-refractivity contribution in [2.24, 2.45) is 5.11 Å². The summed E-state index contributed by atoms with van der Waals surface area (Å²) < 4.78 is 9.98. The van der Waals surface area contributed by atoms with Crippen LogP contribution in [-0.4, -0.2) is 26.6 Å². The van der Waals surface area contributed by atoms with E-state index in [1.165, 1.54) is 0 Å². The maximum atomic E-state index is 7.85. The maximum absolute atomic E-state index is 7.85. The first-order valence-corrected chi connectivity index (χ1v) is 3.58. The minimum Gasteiger partial charge on any atom is -0.379 e. The van der Waals surface area contributed by atoms with Crippen LogP contribution in [0.5, 0.6) is 0 Å². The topological polar surface area (TPSA) is 67.2 Å². The Hall–Kier alpha value is -0.770. The van der Waals surface area contributed by atoms with Crippen molar-refractivity contribution in [3.63, 3.8) is 0 Å². The van der Waals surface area contributed by atoms with Crippen LogP contribution < -0.4 is 0 Å². The smallest absolute Gasteiger partial charge is 0.126 e. The summed E-state index contributed by atoms with van der Waals surface area (Å²) in [4.78, 5) is 2.53. The lowest BCUT2D eigenvalue weighted by Gasteiger charge is -2.00. The summed E-state index contributed by atoms with van der Waals surface area (Å²) in [6, 6.07) is 0. The number of nitrogens with zero attached hydrogens (tertiary/aromatic N) is 3. The molecule has 0 unspecified atom stereocenters. The van der Waals surface area contributed by atoms with Gasteiger partial charge in [0.15, 0.2) is 0 Å². The van der Waals surface area contributed by atoms with Gasteiger partial charge in [0.1, 0.15) is 6.73 Å². The zero-order valence-corrected chi connectivity index (χ0v) is 6.69. The van der Waals surface area contributed by atoms with E-state index in [1.807, 2.05) is 6.92 Å². The van der Waals surface area contributed by atoms with E-state index in [2.05, 4.69) is 10.0 Å². The third-order valence-corrected chi connectivity index (χ3v) is 0.933. The largest absolute Gasteiger partial charge is 0.379 e. The van der Waals surface area contributed by atoms with Gasteiger partial charge >= 0.3 is 0 Å². The van der Waals surface area contributed by atoms with Crippen molar-refractivity contribution in [3.05, 3.63) is 10.4 Å². The second-order valence-corrected chi connectivity index (χ2v) is 1.88. The van der Waals surface area contributed by atoms with Crippen molar-refractivity contribution < 1.29 is 9.47 Å². The summed E-state index contributed by atoms with van der Waals surface area (Å²) in [5.74, 6) is 0. The zero-order valence-electron chi connectivity index (χ0n) is 6.69. The fraction of sp³-hybridized carbons (Fsp3) is 1.00. The van der Waals surface area contributed by atoms with Crippen LogP contribution >= 0.6 is 0 Å². The molecular formula is C6H13N3O2. The summed E-state index contributed by atoms with van der Waals surface area (Å²) in [5, 5.41) is 3.19. The molecule has 0 aromatic carbocycles.